The molecule has 0 bridgehead atoms. The normalized spacial score (nSPS) is 11.1. The molecular formula is C13H11BrN4. The van der Waals surface area contributed by atoms with Crippen molar-refractivity contribution in [3.05, 3.63) is 40.5 Å². The molecule has 2 aromatic heterocycles. The molecule has 2 heterocycles. The van der Waals surface area contributed by atoms with Crippen LogP contribution in [0.2, 0.25) is 0 Å². The first-order valence-corrected chi connectivity index (χ1v) is 6.37. The number of hydrogen-bond donors (Lipinski definition) is 1. The minimum atomic E-state index is 0.779. The number of nitrogens with zero attached hydrogens (tertiary/aromatic N) is 3. The predicted molar refractivity (Wildman–Crippen MR) is 74.3 cm³/mol. The van der Waals surface area contributed by atoms with Gasteiger partial charge in [-0.2, -0.15) is 5.10 Å². The van der Waals surface area contributed by atoms with Gasteiger partial charge in [0.05, 0.1) is 5.52 Å². The van der Waals surface area contributed by atoms with Gasteiger partial charge in [-0.25, -0.2) is 9.97 Å². The molecule has 4 nitrogen and oxygen atoms in total. The van der Waals surface area contributed by atoms with Crippen molar-refractivity contribution >= 4 is 26.8 Å². The van der Waals surface area contributed by atoms with Gasteiger partial charge in [0.25, 0.3) is 0 Å². The summed E-state index contributed by atoms with van der Waals surface area (Å²) in [5.41, 5.74) is 4.32. The minimum absolute atomic E-state index is 0.779. The van der Waals surface area contributed by atoms with Crippen LogP contribution in [0.25, 0.3) is 22.0 Å². The fourth-order valence-corrected chi connectivity index (χ4v) is 2.37. The Morgan fingerprint density at radius 3 is 2.50 bits per heavy atom. The van der Waals surface area contributed by atoms with Crippen molar-refractivity contribution in [2.24, 2.45) is 0 Å². The maximum absolute atomic E-state index is 4.23. The van der Waals surface area contributed by atoms with Crippen LogP contribution in [0.3, 0.4) is 0 Å². The maximum Gasteiger partial charge on any atom is 0.135 e. The number of H-pyrrole nitrogens is 1. The van der Waals surface area contributed by atoms with Crippen LogP contribution < -0.4 is 0 Å². The zero-order valence-corrected chi connectivity index (χ0v) is 11.6. The lowest BCUT2D eigenvalue weighted by atomic mass is 10.0. The summed E-state index contributed by atoms with van der Waals surface area (Å²) in [4.78, 5) is 8.46. The highest BCUT2D eigenvalue weighted by Crippen LogP contribution is 2.29. The van der Waals surface area contributed by atoms with Crippen LogP contribution in [0, 0.1) is 13.8 Å². The third-order valence-corrected chi connectivity index (χ3v) is 3.54. The Hall–Kier alpha value is -1.75. The smallest absolute Gasteiger partial charge is 0.135 e. The quantitative estimate of drug-likeness (QED) is 0.749. The molecule has 0 saturated carbocycles. The van der Waals surface area contributed by atoms with E-state index in [0.717, 1.165) is 38.0 Å². The third kappa shape index (κ3) is 1.80. The molecule has 3 rings (SSSR count). The molecule has 90 valence electrons. The lowest BCUT2D eigenvalue weighted by Crippen LogP contribution is -1.88. The van der Waals surface area contributed by atoms with E-state index in [-0.39, 0.29) is 0 Å². The topological polar surface area (TPSA) is 54.5 Å². The van der Waals surface area contributed by atoms with Crippen LogP contribution in [0.4, 0.5) is 0 Å². The highest BCUT2D eigenvalue weighted by Gasteiger charge is 2.08. The highest BCUT2D eigenvalue weighted by atomic mass is 79.9. The predicted octanol–water partition coefficient (Wildman–Crippen LogP) is 3.40. The summed E-state index contributed by atoms with van der Waals surface area (Å²) in [6.45, 7) is 3.94. The number of rotatable bonds is 1. The molecule has 0 spiro atoms. The summed E-state index contributed by atoms with van der Waals surface area (Å²) in [5, 5.41) is 8.26. The number of aromatic amines is 1. The van der Waals surface area contributed by atoms with E-state index in [0.29, 0.717) is 0 Å². The first kappa shape index (κ1) is 11.3. The molecular weight excluding hydrogens is 292 g/mol. The number of halogens is 1. The summed E-state index contributed by atoms with van der Waals surface area (Å²) in [7, 11) is 0. The van der Waals surface area contributed by atoms with Gasteiger partial charge in [0, 0.05) is 23.3 Å². The van der Waals surface area contributed by atoms with Crippen molar-refractivity contribution in [1.82, 2.24) is 20.2 Å². The van der Waals surface area contributed by atoms with Crippen LogP contribution >= 0.6 is 15.9 Å². The Kier molecular flexibility index (Phi) is 2.63. The van der Waals surface area contributed by atoms with Crippen LogP contribution in [-0.2, 0) is 0 Å². The summed E-state index contributed by atoms with van der Waals surface area (Å²) < 4.78 is 0.829. The fraction of sp³-hybridized carbons (Fsp3) is 0.154. The number of benzene rings is 1. The zero-order valence-electron chi connectivity index (χ0n) is 10.0. The van der Waals surface area contributed by atoms with E-state index in [1.54, 1.807) is 0 Å². The molecule has 0 aliphatic carbocycles. The van der Waals surface area contributed by atoms with E-state index in [1.807, 2.05) is 19.3 Å². The van der Waals surface area contributed by atoms with Crippen LogP contribution in [0.1, 0.15) is 11.4 Å². The van der Waals surface area contributed by atoms with Crippen molar-refractivity contribution in [1.29, 1.82) is 0 Å². The molecule has 3 aromatic rings. The van der Waals surface area contributed by atoms with Gasteiger partial charge in [0.1, 0.15) is 10.4 Å². The van der Waals surface area contributed by atoms with Crippen molar-refractivity contribution in [3.8, 4) is 11.1 Å². The Bertz CT molecular complexity index is 716. The number of aryl methyl sites for hydroxylation is 2. The number of aromatic nitrogens is 4. The molecule has 18 heavy (non-hydrogen) atoms. The lowest BCUT2D eigenvalue weighted by Gasteiger charge is -2.04. The van der Waals surface area contributed by atoms with Gasteiger partial charge in [0.2, 0.25) is 0 Å². The summed E-state index contributed by atoms with van der Waals surface area (Å²) in [6.07, 6.45) is 3.69. The third-order valence-electron chi connectivity index (χ3n) is 2.94. The second-order valence-corrected chi connectivity index (χ2v) is 5.00. The van der Waals surface area contributed by atoms with E-state index in [2.05, 4.69) is 55.2 Å². The largest absolute Gasteiger partial charge is 0.276 e. The molecule has 0 fully saturated rings. The average Bonchev–Trinajstić information content (AvgIpc) is 2.73. The molecule has 0 unspecified atom stereocenters. The van der Waals surface area contributed by atoms with Gasteiger partial charge in [-0.3, -0.25) is 5.10 Å². The Labute approximate surface area is 113 Å². The van der Waals surface area contributed by atoms with Crippen molar-refractivity contribution < 1.29 is 0 Å². The highest BCUT2D eigenvalue weighted by molar-refractivity contribution is 9.10. The SMILES string of the molecule is Cc1ncc(-c2cc(C)c3[nH]nc(Br)c3c2)cn1. The van der Waals surface area contributed by atoms with Crippen molar-refractivity contribution in [2.45, 2.75) is 13.8 Å². The van der Waals surface area contributed by atoms with Crippen molar-refractivity contribution in [2.75, 3.05) is 0 Å². The van der Waals surface area contributed by atoms with Gasteiger partial charge >= 0.3 is 0 Å². The van der Waals surface area contributed by atoms with E-state index < -0.39 is 0 Å². The molecule has 0 aliphatic heterocycles. The van der Waals surface area contributed by atoms with Crippen molar-refractivity contribution in [3.63, 3.8) is 0 Å². The number of fused-ring (bicyclic) bond motifs is 1. The van der Waals surface area contributed by atoms with E-state index >= 15 is 0 Å². The summed E-state index contributed by atoms with van der Waals surface area (Å²) in [5.74, 6) is 0.779. The van der Waals surface area contributed by atoms with Gasteiger partial charge < -0.3 is 0 Å². The standard InChI is InChI=1S/C13H11BrN4/c1-7-3-9(10-5-15-8(2)16-6-10)4-11-12(7)17-18-13(11)14/h3-6H,1-2H3,(H,17,18). The van der Waals surface area contributed by atoms with Gasteiger partial charge in [0.15, 0.2) is 0 Å². The first-order valence-electron chi connectivity index (χ1n) is 5.58. The van der Waals surface area contributed by atoms with Crippen LogP contribution in [0.5, 0.6) is 0 Å². The van der Waals surface area contributed by atoms with Gasteiger partial charge in [-0.05, 0) is 53.0 Å². The Morgan fingerprint density at radius 1 is 1.06 bits per heavy atom. The van der Waals surface area contributed by atoms with E-state index in [9.17, 15) is 0 Å². The minimum Gasteiger partial charge on any atom is -0.276 e. The van der Waals surface area contributed by atoms with Crippen LogP contribution in [-0.4, -0.2) is 20.2 Å². The molecule has 1 N–H and O–H groups in total. The molecule has 0 aliphatic rings. The maximum atomic E-state index is 4.23. The Morgan fingerprint density at radius 2 is 1.78 bits per heavy atom. The second-order valence-electron chi connectivity index (χ2n) is 4.25. The fourth-order valence-electron chi connectivity index (χ4n) is 1.97. The van der Waals surface area contributed by atoms with E-state index in [4.69, 9.17) is 0 Å². The molecule has 5 heteroatoms. The van der Waals surface area contributed by atoms with Crippen LogP contribution in [0.15, 0.2) is 29.1 Å². The summed E-state index contributed by atoms with van der Waals surface area (Å²) in [6, 6.07) is 4.20. The number of hydrogen-bond acceptors (Lipinski definition) is 3. The molecule has 1 aromatic carbocycles. The number of nitrogens with one attached hydrogen (secondary N) is 1. The molecule has 0 saturated heterocycles. The Balaban J connectivity index is 2.23. The monoisotopic (exact) mass is 302 g/mol. The zero-order chi connectivity index (χ0) is 12.7. The average molecular weight is 303 g/mol. The summed E-state index contributed by atoms with van der Waals surface area (Å²) >= 11 is 3.45. The van der Waals surface area contributed by atoms with Gasteiger partial charge in [-0.15, -0.1) is 0 Å². The lowest BCUT2D eigenvalue weighted by molar-refractivity contribution is 1.06. The molecule has 0 amide bonds. The molecule has 0 radical (unpaired) electrons. The van der Waals surface area contributed by atoms with Gasteiger partial charge in [-0.1, -0.05) is 0 Å². The first-order chi connectivity index (χ1) is 8.65. The second kappa shape index (κ2) is 4.17. The van der Waals surface area contributed by atoms with E-state index in [1.165, 1.54) is 0 Å². The molecule has 0 atom stereocenters.